The molecule has 0 atom stereocenters. The van der Waals surface area contributed by atoms with Crippen molar-refractivity contribution in [3.63, 3.8) is 0 Å². The number of aryl methyl sites for hydroxylation is 2. The van der Waals surface area contributed by atoms with Crippen LogP contribution in [0.15, 0.2) is 29.1 Å². The van der Waals surface area contributed by atoms with Crippen molar-refractivity contribution in [2.45, 2.75) is 26.7 Å². The van der Waals surface area contributed by atoms with Crippen LogP contribution in [-0.2, 0) is 11.2 Å². The fourth-order valence-electron chi connectivity index (χ4n) is 2.83. The zero-order chi connectivity index (χ0) is 19.5. The van der Waals surface area contributed by atoms with Crippen molar-refractivity contribution in [2.75, 3.05) is 5.32 Å². The summed E-state index contributed by atoms with van der Waals surface area (Å²) in [6, 6.07) is 3.65. The number of nitrogens with zero attached hydrogens (tertiary/aromatic N) is 6. The average molecular weight is 395 g/mol. The quantitative estimate of drug-likeness (QED) is 0.534. The molecule has 4 aromatic rings. The van der Waals surface area contributed by atoms with Crippen LogP contribution in [0.2, 0.25) is 0 Å². The minimum Gasteiger partial charge on any atom is -0.465 e. The van der Waals surface area contributed by atoms with Gasteiger partial charge in [-0.05, 0) is 50.1 Å². The second kappa shape index (κ2) is 7.69. The van der Waals surface area contributed by atoms with Gasteiger partial charge in [0, 0.05) is 17.8 Å². The fraction of sp³-hybridized carbons (Fsp3) is 0.222. The van der Waals surface area contributed by atoms with Crippen molar-refractivity contribution >= 4 is 40.3 Å². The standard InChI is InChI=1S/C18H17N7O2S/c1-11-14(12(2)25-17(21-11)19-10-20-25)6-7-15(26)22-18-24-23-16(28-18)8-5-13-4-3-9-27-13/h3-5,8-10H,6-7H2,1-2H3,(H,22,24,26)/b8-5+. The third-order valence-corrected chi connectivity index (χ3v) is 5.01. The predicted octanol–water partition coefficient (Wildman–Crippen LogP) is 2.93. The number of aromatic nitrogens is 6. The number of nitrogens with one attached hydrogen (secondary N) is 1. The van der Waals surface area contributed by atoms with Crippen molar-refractivity contribution in [1.82, 2.24) is 29.8 Å². The number of amides is 1. The minimum absolute atomic E-state index is 0.129. The van der Waals surface area contributed by atoms with Gasteiger partial charge in [0.05, 0.1) is 6.26 Å². The van der Waals surface area contributed by atoms with Gasteiger partial charge in [-0.3, -0.25) is 4.79 Å². The lowest BCUT2D eigenvalue weighted by atomic mass is 10.1. The first-order valence-electron chi connectivity index (χ1n) is 8.61. The monoisotopic (exact) mass is 395 g/mol. The molecule has 0 saturated heterocycles. The number of carbonyl (C=O) groups is 1. The summed E-state index contributed by atoms with van der Waals surface area (Å²) in [4.78, 5) is 20.8. The molecule has 0 aliphatic heterocycles. The Morgan fingerprint density at radius 3 is 3.04 bits per heavy atom. The van der Waals surface area contributed by atoms with Gasteiger partial charge < -0.3 is 9.73 Å². The van der Waals surface area contributed by atoms with Crippen LogP contribution < -0.4 is 5.32 Å². The molecule has 4 rings (SSSR count). The molecule has 9 nitrogen and oxygen atoms in total. The fourth-order valence-corrected chi connectivity index (χ4v) is 3.49. The summed E-state index contributed by atoms with van der Waals surface area (Å²) >= 11 is 1.30. The van der Waals surface area contributed by atoms with Crippen LogP contribution in [0.3, 0.4) is 0 Å². The number of furan rings is 1. The van der Waals surface area contributed by atoms with Crippen LogP contribution in [0.5, 0.6) is 0 Å². The van der Waals surface area contributed by atoms with Gasteiger partial charge in [0.2, 0.25) is 11.0 Å². The lowest BCUT2D eigenvalue weighted by Gasteiger charge is -2.09. The highest BCUT2D eigenvalue weighted by Crippen LogP contribution is 2.19. The van der Waals surface area contributed by atoms with Crippen molar-refractivity contribution in [1.29, 1.82) is 0 Å². The molecular formula is C18H17N7O2S. The zero-order valence-electron chi connectivity index (χ0n) is 15.3. The lowest BCUT2D eigenvalue weighted by Crippen LogP contribution is -2.14. The van der Waals surface area contributed by atoms with E-state index < -0.39 is 0 Å². The first-order valence-corrected chi connectivity index (χ1v) is 9.42. The zero-order valence-corrected chi connectivity index (χ0v) is 16.1. The van der Waals surface area contributed by atoms with E-state index in [1.165, 1.54) is 17.7 Å². The molecule has 4 heterocycles. The summed E-state index contributed by atoms with van der Waals surface area (Å²) < 4.78 is 6.91. The summed E-state index contributed by atoms with van der Waals surface area (Å²) in [6.07, 6.45) is 7.52. The van der Waals surface area contributed by atoms with Crippen LogP contribution in [0.25, 0.3) is 17.9 Å². The Morgan fingerprint density at radius 1 is 1.32 bits per heavy atom. The number of rotatable bonds is 6. The molecule has 28 heavy (non-hydrogen) atoms. The van der Waals surface area contributed by atoms with Crippen LogP contribution in [0, 0.1) is 13.8 Å². The summed E-state index contributed by atoms with van der Waals surface area (Å²) in [5.41, 5.74) is 2.79. The van der Waals surface area contributed by atoms with E-state index in [0.29, 0.717) is 28.8 Å². The molecule has 0 radical (unpaired) electrons. The minimum atomic E-state index is -0.129. The normalized spacial score (nSPS) is 11.5. The van der Waals surface area contributed by atoms with Gasteiger partial charge in [-0.1, -0.05) is 11.3 Å². The van der Waals surface area contributed by atoms with Crippen molar-refractivity contribution in [2.24, 2.45) is 0 Å². The Bertz CT molecular complexity index is 1140. The molecule has 0 aliphatic rings. The van der Waals surface area contributed by atoms with Gasteiger partial charge in [-0.15, -0.1) is 10.2 Å². The maximum absolute atomic E-state index is 12.3. The molecule has 0 saturated carbocycles. The summed E-state index contributed by atoms with van der Waals surface area (Å²) in [6.45, 7) is 3.86. The molecule has 1 amide bonds. The molecular weight excluding hydrogens is 378 g/mol. The second-order valence-electron chi connectivity index (χ2n) is 6.08. The number of hydrogen-bond acceptors (Lipinski definition) is 8. The topological polar surface area (TPSA) is 111 Å². The first kappa shape index (κ1) is 18.0. The van der Waals surface area contributed by atoms with Crippen molar-refractivity contribution in [3.8, 4) is 0 Å². The molecule has 0 spiro atoms. The largest absolute Gasteiger partial charge is 0.465 e. The number of hydrogen-bond donors (Lipinski definition) is 1. The molecule has 0 unspecified atom stereocenters. The molecule has 0 fully saturated rings. The van der Waals surface area contributed by atoms with E-state index in [1.807, 2.05) is 26.0 Å². The molecule has 1 N–H and O–H groups in total. The van der Waals surface area contributed by atoms with Crippen LogP contribution in [0.1, 0.15) is 34.1 Å². The molecule has 0 aliphatic carbocycles. The van der Waals surface area contributed by atoms with E-state index in [-0.39, 0.29) is 5.91 Å². The van der Waals surface area contributed by atoms with Crippen LogP contribution >= 0.6 is 11.3 Å². The maximum atomic E-state index is 12.3. The smallest absolute Gasteiger partial charge is 0.252 e. The van der Waals surface area contributed by atoms with Gasteiger partial charge in [-0.2, -0.15) is 10.1 Å². The highest BCUT2D eigenvalue weighted by molar-refractivity contribution is 7.16. The molecule has 10 heteroatoms. The van der Waals surface area contributed by atoms with Gasteiger partial charge in [0.25, 0.3) is 5.78 Å². The lowest BCUT2D eigenvalue weighted by molar-refractivity contribution is -0.116. The number of carbonyl (C=O) groups excluding carboxylic acids is 1. The summed E-state index contributed by atoms with van der Waals surface area (Å²) in [5, 5.41) is 16.1. The molecule has 4 aromatic heterocycles. The van der Waals surface area contributed by atoms with Crippen LogP contribution in [0.4, 0.5) is 5.13 Å². The third-order valence-electron chi connectivity index (χ3n) is 4.21. The van der Waals surface area contributed by atoms with E-state index in [2.05, 4.69) is 30.6 Å². The Morgan fingerprint density at radius 2 is 2.21 bits per heavy atom. The van der Waals surface area contributed by atoms with Gasteiger partial charge in [0.15, 0.2) is 0 Å². The van der Waals surface area contributed by atoms with Crippen LogP contribution in [-0.4, -0.2) is 35.7 Å². The van der Waals surface area contributed by atoms with Gasteiger partial charge in [-0.25, -0.2) is 9.50 Å². The average Bonchev–Trinajstić information content (AvgIpc) is 3.41. The third kappa shape index (κ3) is 3.81. The van der Waals surface area contributed by atoms with Crippen molar-refractivity contribution < 1.29 is 9.21 Å². The van der Waals surface area contributed by atoms with Gasteiger partial charge >= 0.3 is 0 Å². The Balaban J connectivity index is 1.38. The Labute approximate surface area is 164 Å². The maximum Gasteiger partial charge on any atom is 0.252 e. The van der Waals surface area contributed by atoms with E-state index in [9.17, 15) is 4.79 Å². The summed E-state index contributed by atoms with van der Waals surface area (Å²) in [7, 11) is 0. The molecule has 0 aromatic carbocycles. The second-order valence-corrected chi connectivity index (χ2v) is 7.08. The van der Waals surface area contributed by atoms with E-state index in [0.717, 1.165) is 22.7 Å². The van der Waals surface area contributed by atoms with E-state index >= 15 is 0 Å². The summed E-state index contributed by atoms with van der Waals surface area (Å²) in [5.74, 6) is 1.16. The molecule has 0 bridgehead atoms. The highest BCUT2D eigenvalue weighted by atomic mass is 32.1. The Kier molecular flexibility index (Phi) is 4.94. The van der Waals surface area contributed by atoms with E-state index in [4.69, 9.17) is 4.42 Å². The highest BCUT2D eigenvalue weighted by Gasteiger charge is 2.13. The van der Waals surface area contributed by atoms with E-state index in [1.54, 1.807) is 22.9 Å². The predicted molar refractivity (Wildman–Crippen MR) is 105 cm³/mol. The first-order chi connectivity index (χ1) is 13.6. The molecule has 142 valence electrons. The van der Waals surface area contributed by atoms with Gasteiger partial charge in [0.1, 0.15) is 17.1 Å². The SMILES string of the molecule is Cc1nc2ncnn2c(C)c1CCC(=O)Nc1nnc(/C=C/c2ccco2)s1. The Hall–Kier alpha value is -3.40. The number of fused-ring (bicyclic) bond motifs is 1. The number of anilines is 1. The van der Waals surface area contributed by atoms with Crippen molar-refractivity contribution in [3.05, 3.63) is 52.4 Å².